The van der Waals surface area contributed by atoms with Crippen LogP contribution in [0.25, 0.3) is 0 Å². The van der Waals surface area contributed by atoms with Crippen LogP contribution in [0, 0.1) is 6.92 Å². The first-order chi connectivity index (χ1) is 15.2. The predicted octanol–water partition coefficient (Wildman–Crippen LogP) is 3.43. The largest absolute Gasteiger partial charge is 0.387 e. The number of hydrogen-bond donors (Lipinski definition) is 3. The molecule has 0 saturated heterocycles. The van der Waals surface area contributed by atoms with Crippen molar-refractivity contribution in [2.45, 2.75) is 71.9 Å². The van der Waals surface area contributed by atoms with E-state index in [9.17, 15) is 9.90 Å². The molecule has 176 valence electrons. The quantitative estimate of drug-likeness (QED) is 0.580. The lowest BCUT2D eigenvalue weighted by atomic mass is 9.97. The van der Waals surface area contributed by atoms with E-state index in [1.165, 1.54) is 5.56 Å². The summed E-state index contributed by atoms with van der Waals surface area (Å²) in [6, 6.07) is 8.29. The highest BCUT2D eigenvalue weighted by atomic mass is 16.3. The van der Waals surface area contributed by atoms with Gasteiger partial charge in [0.25, 0.3) is 0 Å². The number of anilines is 1. The van der Waals surface area contributed by atoms with Crippen molar-refractivity contribution in [2.75, 3.05) is 24.5 Å². The van der Waals surface area contributed by atoms with Gasteiger partial charge in [0.05, 0.1) is 17.7 Å². The molecule has 1 unspecified atom stereocenters. The van der Waals surface area contributed by atoms with Crippen LogP contribution in [0.1, 0.15) is 81.4 Å². The molecule has 0 spiro atoms. The Morgan fingerprint density at radius 3 is 2.38 bits per heavy atom. The number of nitrogens with zero attached hydrogens (tertiary/aromatic N) is 3. The number of primary amides is 1. The van der Waals surface area contributed by atoms with Crippen molar-refractivity contribution in [3.05, 3.63) is 53.0 Å². The second-order valence-electron chi connectivity index (χ2n) is 8.75. The summed E-state index contributed by atoms with van der Waals surface area (Å²) in [6.07, 6.45) is 1.91. The molecule has 1 amide bonds. The average Bonchev–Trinajstić information content (AvgIpc) is 3.05. The summed E-state index contributed by atoms with van der Waals surface area (Å²) < 4.78 is 0. The van der Waals surface area contributed by atoms with E-state index in [2.05, 4.69) is 41.0 Å². The number of carbonyl (C=O) groups excluding carboxylic acids is 1. The van der Waals surface area contributed by atoms with E-state index in [4.69, 9.17) is 5.73 Å². The van der Waals surface area contributed by atoms with Crippen LogP contribution in [0.5, 0.6) is 0 Å². The van der Waals surface area contributed by atoms with Crippen molar-refractivity contribution in [1.29, 1.82) is 0 Å². The van der Waals surface area contributed by atoms with Crippen LogP contribution in [0.15, 0.2) is 30.6 Å². The van der Waals surface area contributed by atoms with Crippen molar-refractivity contribution >= 4 is 11.7 Å². The van der Waals surface area contributed by atoms with Gasteiger partial charge < -0.3 is 21.1 Å². The number of rotatable bonds is 8. The van der Waals surface area contributed by atoms with Crippen molar-refractivity contribution in [2.24, 2.45) is 5.73 Å². The Morgan fingerprint density at radius 1 is 1.22 bits per heavy atom. The molecule has 3 rings (SSSR count). The minimum Gasteiger partial charge on any atom is -0.387 e. The molecule has 7 nitrogen and oxygen atoms in total. The van der Waals surface area contributed by atoms with Crippen LogP contribution in [-0.2, 0) is 4.79 Å². The van der Waals surface area contributed by atoms with Crippen LogP contribution in [-0.4, -0.2) is 46.7 Å². The van der Waals surface area contributed by atoms with Crippen LogP contribution in [0.4, 0.5) is 5.82 Å². The van der Waals surface area contributed by atoms with E-state index in [-0.39, 0.29) is 11.8 Å². The molecule has 0 fully saturated rings. The molecule has 1 aromatic heterocycles. The first kappa shape index (κ1) is 25.7. The zero-order valence-corrected chi connectivity index (χ0v) is 20.3. The van der Waals surface area contributed by atoms with Gasteiger partial charge in [-0.25, -0.2) is 9.97 Å². The number of hydrogen-bond acceptors (Lipinski definition) is 6. The number of benzene rings is 1. The van der Waals surface area contributed by atoms with Crippen LogP contribution in [0.3, 0.4) is 0 Å². The monoisotopic (exact) mass is 441 g/mol. The summed E-state index contributed by atoms with van der Waals surface area (Å²) in [7, 11) is 0. The maximum absolute atomic E-state index is 11.4. The van der Waals surface area contributed by atoms with Gasteiger partial charge in [-0.05, 0) is 38.7 Å². The number of aryl methyl sites for hydroxylation is 1. The Labute approximate surface area is 192 Å². The third kappa shape index (κ3) is 6.50. The molecular weight excluding hydrogens is 402 g/mol. The standard InChI is InChI=1S/C13H20N2O.C12H19N3O/c1-9(2)15-8-12(13(14)16)11-6-4-10(3)5-7-11;1-4-15(5-2)12-10-8(3)6-9(16)11(10)13-7-14-12/h4-7,9,12,15H,8H2,1-3H3,(H2,14,16);7-9,16H,4-6H2,1-3H3/t;8-,9-/m.1/s1. The topological polar surface area (TPSA) is 104 Å². The van der Waals surface area contributed by atoms with E-state index in [0.717, 1.165) is 42.1 Å². The van der Waals surface area contributed by atoms with Gasteiger partial charge in [-0.1, -0.05) is 50.6 Å². The van der Waals surface area contributed by atoms with Crippen molar-refractivity contribution in [3.8, 4) is 0 Å². The molecule has 3 atom stereocenters. The number of fused-ring (bicyclic) bond motifs is 1. The van der Waals surface area contributed by atoms with E-state index in [1.54, 1.807) is 6.33 Å². The van der Waals surface area contributed by atoms with Gasteiger partial charge in [0.2, 0.25) is 5.91 Å². The van der Waals surface area contributed by atoms with Gasteiger partial charge in [0.1, 0.15) is 12.1 Å². The Kier molecular flexibility index (Phi) is 9.60. The highest BCUT2D eigenvalue weighted by Crippen LogP contribution is 2.42. The number of aromatic nitrogens is 2. The van der Waals surface area contributed by atoms with E-state index >= 15 is 0 Å². The number of aliphatic hydroxyl groups is 1. The van der Waals surface area contributed by atoms with Crippen LogP contribution >= 0.6 is 0 Å². The highest BCUT2D eigenvalue weighted by molar-refractivity contribution is 5.82. The minimum atomic E-state index is -0.415. The highest BCUT2D eigenvalue weighted by Gasteiger charge is 2.32. The molecular formula is C25H39N5O2. The van der Waals surface area contributed by atoms with Gasteiger partial charge in [-0.3, -0.25) is 4.79 Å². The van der Waals surface area contributed by atoms with Crippen molar-refractivity contribution in [3.63, 3.8) is 0 Å². The molecule has 0 saturated carbocycles. The maximum Gasteiger partial charge on any atom is 0.226 e. The van der Waals surface area contributed by atoms with Crippen LogP contribution < -0.4 is 16.0 Å². The SMILES string of the molecule is CCN(CC)c1ncnc2c1[C@H](C)C[C@H]2O.Cc1ccc(C(CNC(C)C)C(N)=O)cc1. The Morgan fingerprint density at radius 2 is 1.84 bits per heavy atom. The molecule has 0 bridgehead atoms. The summed E-state index contributed by atoms with van der Waals surface area (Å²) >= 11 is 0. The third-order valence-corrected chi connectivity index (χ3v) is 5.90. The fourth-order valence-electron chi connectivity index (χ4n) is 4.01. The first-order valence-electron chi connectivity index (χ1n) is 11.6. The second kappa shape index (κ2) is 11.9. The zero-order valence-electron chi connectivity index (χ0n) is 20.3. The van der Waals surface area contributed by atoms with Gasteiger partial charge >= 0.3 is 0 Å². The van der Waals surface area contributed by atoms with Crippen LogP contribution in [0.2, 0.25) is 0 Å². The number of carbonyl (C=O) groups is 1. The minimum absolute atomic E-state index is 0.247. The number of nitrogens with two attached hydrogens (primary N) is 1. The van der Waals surface area contributed by atoms with Gasteiger partial charge in [-0.15, -0.1) is 0 Å². The summed E-state index contributed by atoms with van der Waals surface area (Å²) in [5.41, 5.74) is 9.54. The van der Waals surface area contributed by atoms with E-state index in [1.807, 2.05) is 45.0 Å². The molecule has 0 aliphatic heterocycles. The molecule has 1 aromatic carbocycles. The number of nitrogens with one attached hydrogen (secondary N) is 1. The second-order valence-corrected chi connectivity index (χ2v) is 8.75. The smallest absolute Gasteiger partial charge is 0.226 e. The number of amides is 1. The Bertz CT molecular complexity index is 865. The molecule has 0 radical (unpaired) electrons. The lowest BCUT2D eigenvalue weighted by Gasteiger charge is -2.23. The average molecular weight is 442 g/mol. The molecule has 4 N–H and O–H groups in total. The molecule has 7 heteroatoms. The van der Waals surface area contributed by atoms with Crippen molar-refractivity contribution < 1.29 is 9.90 Å². The van der Waals surface area contributed by atoms with Gasteiger partial charge in [0, 0.05) is 31.2 Å². The molecule has 1 aliphatic rings. The summed E-state index contributed by atoms with van der Waals surface area (Å²) in [6.45, 7) is 14.9. The Hall–Kier alpha value is -2.51. The number of aliphatic hydroxyl groups excluding tert-OH is 1. The maximum atomic E-state index is 11.4. The predicted molar refractivity (Wildman–Crippen MR) is 130 cm³/mol. The lowest BCUT2D eigenvalue weighted by Crippen LogP contribution is -2.34. The molecule has 1 aliphatic carbocycles. The third-order valence-electron chi connectivity index (χ3n) is 5.90. The first-order valence-corrected chi connectivity index (χ1v) is 11.6. The zero-order chi connectivity index (χ0) is 23.8. The normalized spacial score (nSPS) is 18.0. The Balaban J connectivity index is 0.000000227. The summed E-state index contributed by atoms with van der Waals surface area (Å²) in [5, 5.41) is 13.1. The fraction of sp³-hybridized carbons (Fsp3) is 0.560. The summed E-state index contributed by atoms with van der Waals surface area (Å²) in [5.74, 6) is 0.820. The molecule has 32 heavy (non-hydrogen) atoms. The van der Waals surface area contributed by atoms with Gasteiger partial charge in [-0.2, -0.15) is 0 Å². The molecule has 1 heterocycles. The van der Waals surface area contributed by atoms with Gasteiger partial charge in [0.15, 0.2) is 0 Å². The van der Waals surface area contributed by atoms with E-state index < -0.39 is 6.10 Å². The lowest BCUT2D eigenvalue weighted by molar-refractivity contribution is -0.119. The van der Waals surface area contributed by atoms with E-state index in [0.29, 0.717) is 18.5 Å². The fourth-order valence-corrected chi connectivity index (χ4v) is 4.01. The van der Waals surface area contributed by atoms with Crippen molar-refractivity contribution in [1.82, 2.24) is 15.3 Å². The molecule has 2 aromatic rings. The summed E-state index contributed by atoms with van der Waals surface area (Å²) in [4.78, 5) is 22.2.